The zero-order valence-electron chi connectivity index (χ0n) is 7.69. The predicted octanol–water partition coefficient (Wildman–Crippen LogP) is 1.31. The zero-order chi connectivity index (χ0) is 8.70. The molecule has 0 bridgehead atoms. The second kappa shape index (κ2) is 2.31. The molecule has 0 saturated carbocycles. The summed E-state index contributed by atoms with van der Waals surface area (Å²) in [7, 11) is 0. The molecular weight excluding hydrogens is 138 g/mol. The highest BCUT2D eigenvalue weighted by Gasteiger charge is 2.38. The average molecular weight is 154 g/mol. The van der Waals surface area contributed by atoms with E-state index >= 15 is 0 Å². The number of ketones is 1. The molecule has 11 heavy (non-hydrogen) atoms. The molecule has 1 fully saturated rings. The summed E-state index contributed by atoms with van der Waals surface area (Å²) >= 11 is 0. The van der Waals surface area contributed by atoms with E-state index in [0.717, 1.165) is 6.42 Å². The van der Waals surface area contributed by atoms with Gasteiger partial charge >= 0.3 is 0 Å². The first kappa shape index (κ1) is 8.72. The van der Waals surface area contributed by atoms with Crippen LogP contribution in [0.2, 0.25) is 0 Å². The fraction of sp³-hybridized carbons (Fsp3) is 0.778. The summed E-state index contributed by atoms with van der Waals surface area (Å²) < 4.78 is 0. The number of carbonyl (C=O) groups excluding carboxylic acids is 1. The number of carbonyl (C=O) groups is 1. The van der Waals surface area contributed by atoms with Crippen LogP contribution in [-0.4, -0.2) is 16.9 Å². The van der Waals surface area contributed by atoms with Crippen molar-refractivity contribution in [2.45, 2.75) is 45.2 Å². The van der Waals surface area contributed by atoms with E-state index in [1.54, 1.807) is 6.42 Å². The first-order valence-corrected chi connectivity index (χ1v) is 4.00. The van der Waals surface area contributed by atoms with Gasteiger partial charge in [0, 0.05) is 12.0 Å². The third-order valence-corrected chi connectivity index (χ3v) is 2.06. The molecule has 0 amide bonds. The monoisotopic (exact) mass is 154 g/mol. The summed E-state index contributed by atoms with van der Waals surface area (Å²) in [4.78, 5) is 11.3. The molecular formula is C9H16NO. The summed E-state index contributed by atoms with van der Waals surface area (Å²) in [5.74, 6) is 0.205. The van der Waals surface area contributed by atoms with Crippen molar-refractivity contribution in [1.29, 1.82) is 0 Å². The van der Waals surface area contributed by atoms with E-state index in [1.165, 1.54) is 0 Å². The molecule has 63 valence electrons. The Morgan fingerprint density at radius 1 is 1.36 bits per heavy atom. The third-order valence-electron chi connectivity index (χ3n) is 2.06. The van der Waals surface area contributed by atoms with Gasteiger partial charge in [0.15, 0.2) is 5.78 Å². The van der Waals surface area contributed by atoms with Crippen molar-refractivity contribution >= 4 is 5.78 Å². The Morgan fingerprint density at radius 2 is 1.91 bits per heavy atom. The van der Waals surface area contributed by atoms with E-state index in [9.17, 15) is 4.79 Å². The van der Waals surface area contributed by atoms with Crippen molar-refractivity contribution in [2.75, 3.05) is 0 Å². The largest absolute Gasteiger partial charge is 0.300 e. The van der Waals surface area contributed by atoms with Crippen LogP contribution < -0.4 is 5.32 Å². The van der Waals surface area contributed by atoms with Crippen molar-refractivity contribution in [3.8, 4) is 0 Å². The molecule has 0 aromatic carbocycles. The van der Waals surface area contributed by atoms with Gasteiger partial charge in [-0.1, -0.05) is 0 Å². The first-order valence-electron chi connectivity index (χ1n) is 4.00. The van der Waals surface area contributed by atoms with Crippen LogP contribution in [0.1, 0.15) is 34.1 Å². The van der Waals surface area contributed by atoms with Crippen LogP contribution in [0.4, 0.5) is 0 Å². The van der Waals surface area contributed by atoms with E-state index in [0.29, 0.717) is 0 Å². The minimum atomic E-state index is -0.373. The number of nitrogens with one attached hydrogen (secondary N) is 1. The molecule has 1 aliphatic rings. The fourth-order valence-corrected chi connectivity index (χ4v) is 1.56. The minimum Gasteiger partial charge on any atom is -0.300 e. The predicted molar refractivity (Wildman–Crippen MR) is 45.2 cm³/mol. The summed E-state index contributed by atoms with van der Waals surface area (Å²) in [6.45, 7) is 8.06. The Labute approximate surface area is 68.4 Å². The Morgan fingerprint density at radius 3 is 2.27 bits per heavy atom. The molecule has 1 saturated heterocycles. The normalized spacial score (nSPS) is 28.5. The summed E-state index contributed by atoms with van der Waals surface area (Å²) in [5.41, 5.74) is -0.306. The van der Waals surface area contributed by atoms with Gasteiger partial charge in [-0.05, 0) is 34.1 Å². The van der Waals surface area contributed by atoms with Gasteiger partial charge in [-0.25, -0.2) is 0 Å². The van der Waals surface area contributed by atoms with E-state index in [1.807, 2.05) is 13.8 Å². The second-order valence-corrected chi connectivity index (χ2v) is 4.41. The lowest BCUT2D eigenvalue weighted by molar-refractivity contribution is -0.123. The molecule has 0 aliphatic carbocycles. The summed E-state index contributed by atoms with van der Waals surface area (Å²) in [6, 6.07) is 0. The van der Waals surface area contributed by atoms with Crippen molar-refractivity contribution in [3.63, 3.8) is 0 Å². The smallest absolute Gasteiger partial charge is 0.156 e. The maximum Gasteiger partial charge on any atom is 0.156 e. The lowest BCUT2D eigenvalue weighted by Gasteiger charge is -2.40. The highest BCUT2D eigenvalue weighted by Crippen LogP contribution is 2.24. The molecule has 2 heteroatoms. The van der Waals surface area contributed by atoms with Gasteiger partial charge in [-0.2, -0.15) is 0 Å². The van der Waals surface area contributed by atoms with E-state index in [4.69, 9.17) is 0 Å². The first-order chi connectivity index (χ1) is 4.83. The van der Waals surface area contributed by atoms with Crippen molar-refractivity contribution in [3.05, 3.63) is 6.42 Å². The molecule has 0 aromatic heterocycles. The van der Waals surface area contributed by atoms with Crippen LogP contribution in [0.15, 0.2) is 0 Å². The highest BCUT2D eigenvalue weighted by molar-refractivity contribution is 5.95. The SMILES string of the molecule is CC1(C)C[CH]C(=O)C(C)(C)N1. The molecule has 1 radical (unpaired) electrons. The van der Waals surface area contributed by atoms with Crippen LogP contribution in [-0.2, 0) is 4.79 Å². The molecule has 2 nitrogen and oxygen atoms in total. The van der Waals surface area contributed by atoms with Gasteiger partial charge in [-0.15, -0.1) is 0 Å². The van der Waals surface area contributed by atoms with Crippen molar-refractivity contribution in [2.24, 2.45) is 0 Å². The zero-order valence-corrected chi connectivity index (χ0v) is 7.69. The molecule has 0 atom stereocenters. The standard InChI is InChI=1S/C9H16NO/c1-8(2)6-5-7(11)9(3,4)10-8/h5,10H,6H2,1-4H3. The van der Waals surface area contributed by atoms with Crippen molar-refractivity contribution < 1.29 is 4.79 Å². The number of Topliss-reactive ketones (excluding diaryl/α,β-unsaturated/α-hetero) is 1. The quantitative estimate of drug-likeness (QED) is 0.570. The number of piperidine rings is 1. The van der Waals surface area contributed by atoms with Gasteiger partial charge in [0.25, 0.3) is 0 Å². The molecule has 0 aromatic rings. The van der Waals surface area contributed by atoms with Crippen LogP contribution >= 0.6 is 0 Å². The third kappa shape index (κ3) is 1.80. The van der Waals surface area contributed by atoms with Gasteiger partial charge in [0.2, 0.25) is 0 Å². The van der Waals surface area contributed by atoms with Crippen LogP contribution in [0.5, 0.6) is 0 Å². The number of hydrogen-bond donors (Lipinski definition) is 1. The Kier molecular flexibility index (Phi) is 1.83. The van der Waals surface area contributed by atoms with Gasteiger partial charge < -0.3 is 5.32 Å². The molecule has 1 aliphatic heterocycles. The topological polar surface area (TPSA) is 29.1 Å². The van der Waals surface area contributed by atoms with Crippen LogP contribution in [0.25, 0.3) is 0 Å². The Bertz CT molecular complexity index is 182. The highest BCUT2D eigenvalue weighted by atomic mass is 16.1. The number of rotatable bonds is 0. The maximum atomic E-state index is 11.3. The molecule has 1 heterocycles. The van der Waals surface area contributed by atoms with Crippen LogP contribution in [0, 0.1) is 6.42 Å². The fourth-order valence-electron chi connectivity index (χ4n) is 1.56. The minimum absolute atomic E-state index is 0.0669. The molecule has 1 N–H and O–H groups in total. The second-order valence-electron chi connectivity index (χ2n) is 4.41. The Balaban J connectivity index is 2.75. The summed E-state index contributed by atoms with van der Waals surface area (Å²) in [6.07, 6.45) is 2.62. The average Bonchev–Trinajstić information content (AvgIpc) is 1.77. The summed E-state index contributed by atoms with van der Waals surface area (Å²) in [5, 5.41) is 3.30. The van der Waals surface area contributed by atoms with E-state index in [2.05, 4.69) is 19.2 Å². The maximum absolute atomic E-state index is 11.3. The van der Waals surface area contributed by atoms with Crippen molar-refractivity contribution in [1.82, 2.24) is 5.32 Å². The van der Waals surface area contributed by atoms with E-state index in [-0.39, 0.29) is 16.9 Å². The number of hydrogen-bond acceptors (Lipinski definition) is 2. The van der Waals surface area contributed by atoms with Crippen LogP contribution in [0.3, 0.4) is 0 Å². The lowest BCUT2D eigenvalue weighted by atomic mass is 9.82. The lowest BCUT2D eigenvalue weighted by Crippen LogP contribution is -2.60. The molecule has 1 rings (SSSR count). The van der Waals surface area contributed by atoms with Gasteiger partial charge in [0.05, 0.1) is 5.54 Å². The van der Waals surface area contributed by atoms with Gasteiger partial charge in [-0.3, -0.25) is 4.79 Å². The van der Waals surface area contributed by atoms with E-state index < -0.39 is 0 Å². The molecule has 0 spiro atoms. The molecule has 0 unspecified atom stereocenters. The Hall–Kier alpha value is -0.370. The van der Waals surface area contributed by atoms with Gasteiger partial charge in [0.1, 0.15) is 0 Å².